The highest BCUT2D eigenvalue weighted by molar-refractivity contribution is 5.85. The Kier molecular flexibility index (Phi) is 5.35. The molecule has 3 rings (SSSR count). The van der Waals surface area contributed by atoms with Gasteiger partial charge in [-0.25, -0.2) is 4.79 Å². The number of benzene rings is 1. The molecule has 2 N–H and O–H groups in total. The molecule has 24 heavy (non-hydrogen) atoms. The molecule has 2 aliphatic rings. The van der Waals surface area contributed by atoms with E-state index in [2.05, 4.69) is 46.7 Å². The lowest BCUT2D eigenvalue weighted by Crippen LogP contribution is -2.53. The van der Waals surface area contributed by atoms with Crippen molar-refractivity contribution in [2.45, 2.75) is 19.9 Å². The molecule has 0 aromatic heterocycles. The van der Waals surface area contributed by atoms with Gasteiger partial charge in [0, 0.05) is 32.7 Å². The van der Waals surface area contributed by atoms with Crippen LogP contribution in [0.4, 0.5) is 4.79 Å². The average molecular weight is 330 g/mol. The molecule has 0 radical (unpaired) electrons. The zero-order chi connectivity index (χ0) is 16.9. The number of hydrogen-bond acceptors (Lipinski definition) is 3. The number of urea groups is 1. The van der Waals surface area contributed by atoms with Gasteiger partial charge in [0.25, 0.3) is 0 Å². The van der Waals surface area contributed by atoms with Crippen molar-refractivity contribution in [1.82, 2.24) is 20.4 Å². The van der Waals surface area contributed by atoms with Crippen molar-refractivity contribution >= 4 is 11.9 Å². The second-order valence-electron chi connectivity index (χ2n) is 6.77. The van der Waals surface area contributed by atoms with E-state index < -0.39 is 0 Å². The first-order chi connectivity index (χ1) is 11.6. The third kappa shape index (κ3) is 4.26. The summed E-state index contributed by atoms with van der Waals surface area (Å²) in [5, 5.41) is 5.72. The summed E-state index contributed by atoms with van der Waals surface area (Å²) in [6.07, 6.45) is 1.10. The quantitative estimate of drug-likeness (QED) is 0.864. The standard InChI is InChI=1S/C18H26N4O2/c1-14-4-2-3-5-16(14)12-21-8-6-15(11-21)10-20-18(24)22-9-7-19-17(23)13-22/h2-5,15H,6-13H2,1H3,(H,19,23)(H,20,24). The van der Waals surface area contributed by atoms with E-state index in [4.69, 9.17) is 0 Å². The second kappa shape index (κ2) is 7.66. The molecule has 1 aromatic rings. The minimum Gasteiger partial charge on any atom is -0.353 e. The minimum atomic E-state index is -0.123. The molecule has 3 amide bonds. The van der Waals surface area contributed by atoms with Gasteiger partial charge < -0.3 is 15.5 Å². The van der Waals surface area contributed by atoms with E-state index in [-0.39, 0.29) is 18.5 Å². The molecule has 2 aliphatic heterocycles. The SMILES string of the molecule is Cc1ccccc1CN1CCC(CNC(=O)N2CCNC(=O)C2)C1. The van der Waals surface area contributed by atoms with Crippen LogP contribution in [-0.2, 0) is 11.3 Å². The summed E-state index contributed by atoms with van der Waals surface area (Å²) < 4.78 is 0. The van der Waals surface area contributed by atoms with E-state index >= 15 is 0 Å². The van der Waals surface area contributed by atoms with Crippen molar-refractivity contribution in [2.75, 3.05) is 39.3 Å². The summed E-state index contributed by atoms with van der Waals surface area (Å²) >= 11 is 0. The molecule has 1 aromatic carbocycles. The number of rotatable bonds is 4. The summed E-state index contributed by atoms with van der Waals surface area (Å²) in [7, 11) is 0. The van der Waals surface area contributed by atoms with E-state index in [1.54, 1.807) is 4.90 Å². The largest absolute Gasteiger partial charge is 0.353 e. The van der Waals surface area contributed by atoms with Gasteiger partial charge in [0.15, 0.2) is 0 Å². The van der Waals surface area contributed by atoms with Crippen LogP contribution >= 0.6 is 0 Å². The Hall–Kier alpha value is -2.08. The highest BCUT2D eigenvalue weighted by Gasteiger charge is 2.25. The first kappa shape index (κ1) is 16.8. The molecule has 2 saturated heterocycles. The van der Waals surface area contributed by atoms with E-state index in [0.29, 0.717) is 25.6 Å². The number of hydrogen-bond donors (Lipinski definition) is 2. The lowest BCUT2D eigenvalue weighted by molar-refractivity contribution is -0.123. The van der Waals surface area contributed by atoms with Gasteiger partial charge in [0.05, 0.1) is 0 Å². The first-order valence-corrected chi connectivity index (χ1v) is 8.68. The van der Waals surface area contributed by atoms with Gasteiger partial charge in [-0.15, -0.1) is 0 Å². The second-order valence-corrected chi connectivity index (χ2v) is 6.77. The molecule has 2 fully saturated rings. The monoisotopic (exact) mass is 330 g/mol. The van der Waals surface area contributed by atoms with Gasteiger partial charge in [-0.05, 0) is 36.9 Å². The fraction of sp³-hybridized carbons (Fsp3) is 0.556. The number of carbonyl (C=O) groups is 2. The number of carbonyl (C=O) groups excluding carboxylic acids is 2. The zero-order valence-electron chi connectivity index (χ0n) is 14.3. The predicted octanol–water partition coefficient (Wildman–Crippen LogP) is 0.958. The van der Waals surface area contributed by atoms with Crippen LogP contribution in [0.1, 0.15) is 17.5 Å². The van der Waals surface area contributed by atoms with Gasteiger partial charge in [-0.3, -0.25) is 9.69 Å². The molecule has 6 heteroatoms. The first-order valence-electron chi connectivity index (χ1n) is 8.68. The molecule has 0 spiro atoms. The Morgan fingerprint density at radius 3 is 2.96 bits per heavy atom. The van der Waals surface area contributed by atoms with Crippen LogP contribution in [0, 0.1) is 12.8 Å². The third-order valence-corrected chi connectivity index (χ3v) is 4.89. The molecule has 6 nitrogen and oxygen atoms in total. The van der Waals surface area contributed by atoms with Crippen molar-refractivity contribution in [3.63, 3.8) is 0 Å². The number of aryl methyl sites for hydroxylation is 1. The van der Waals surface area contributed by atoms with Crippen LogP contribution in [-0.4, -0.2) is 61.0 Å². The van der Waals surface area contributed by atoms with Gasteiger partial charge in [-0.1, -0.05) is 24.3 Å². The van der Waals surface area contributed by atoms with Crippen molar-refractivity contribution < 1.29 is 9.59 Å². The Labute approximate surface area is 143 Å². The van der Waals surface area contributed by atoms with Crippen molar-refractivity contribution in [3.05, 3.63) is 35.4 Å². The molecule has 1 unspecified atom stereocenters. The van der Waals surface area contributed by atoms with Crippen molar-refractivity contribution in [1.29, 1.82) is 0 Å². The topological polar surface area (TPSA) is 64.7 Å². The van der Waals surface area contributed by atoms with Crippen LogP contribution in [0.3, 0.4) is 0 Å². The number of amides is 3. The van der Waals surface area contributed by atoms with Gasteiger partial charge in [0.1, 0.15) is 6.54 Å². The number of nitrogens with one attached hydrogen (secondary N) is 2. The lowest BCUT2D eigenvalue weighted by atomic mass is 10.1. The summed E-state index contributed by atoms with van der Waals surface area (Å²) in [5.41, 5.74) is 2.71. The smallest absolute Gasteiger partial charge is 0.317 e. The predicted molar refractivity (Wildman–Crippen MR) is 92.5 cm³/mol. The van der Waals surface area contributed by atoms with Crippen molar-refractivity contribution in [3.8, 4) is 0 Å². The molecule has 2 heterocycles. The average Bonchev–Trinajstić information content (AvgIpc) is 3.02. The van der Waals surface area contributed by atoms with Gasteiger partial charge in [-0.2, -0.15) is 0 Å². The number of likely N-dealkylation sites (tertiary alicyclic amines) is 1. The highest BCUT2D eigenvalue weighted by atomic mass is 16.2. The Balaban J connectivity index is 1.42. The number of nitrogens with zero attached hydrogens (tertiary/aromatic N) is 2. The summed E-state index contributed by atoms with van der Waals surface area (Å²) in [4.78, 5) is 27.5. The maximum absolute atomic E-state index is 12.1. The third-order valence-electron chi connectivity index (χ3n) is 4.89. The summed E-state index contributed by atoms with van der Waals surface area (Å²) in [6.45, 7) is 7.18. The van der Waals surface area contributed by atoms with Gasteiger partial charge >= 0.3 is 6.03 Å². The molecule has 1 atom stereocenters. The molecular formula is C18H26N4O2. The number of piperazine rings is 1. The summed E-state index contributed by atoms with van der Waals surface area (Å²) in [6, 6.07) is 8.37. The van der Waals surface area contributed by atoms with E-state index in [0.717, 1.165) is 26.1 Å². The normalized spacial score (nSPS) is 21.6. The Morgan fingerprint density at radius 2 is 2.17 bits per heavy atom. The Bertz CT molecular complexity index is 604. The van der Waals surface area contributed by atoms with Crippen LogP contribution < -0.4 is 10.6 Å². The summed E-state index contributed by atoms with van der Waals surface area (Å²) in [5.74, 6) is 0.401. The van der Waals surface area contributed by atoms with Crippen LogP contribution in [0.5, 0.6) is 0 Å². The molecule has 0 bridgehead atoms. The van der Waals surface area contributed by atoms with Crippen molar-refractivity contribution in [2.24, 2.45) is 5.92 Å². The maximum atomic E-state index is 12.1. The fourth-order valence-electron chi connectivity index (χ4n) is 3.41. The zero-order valence-corrected chi connectivity index (χ0v) is 14.3. The van der Waals surface area contributed by atoms with Crippen LogP contribution in [0.25, 0.3) is 0 Å². The van der Waals surface area contributed by atoms with Gasteiger partial charge in [0.2, 0.25) is 5.91 Å². The molecule has 130 valence electrons. The van der Waals surface area contributed by atoms with E-state index in [1.807, 2.05) is 0 Å². The van der Waals surface area contributed by atoms with E-state index in [1.165, 1.54) is 11.1 Å². The van der Waals surface area contributed by atoms with Crippen LogP contribution in [0.2, 0.25) is 0 Å². The van der Waals surface area contributed by atoms with E-state index in [9.17, 15) is 9.59 Å². The fourth-order valence-corrected chi connectivity index (χ4v) is 3.41. The molecule has 0 saturated carbocycles. The minimum absolute atomic E-state index is 0.0818. The molecule has 0 aliphatic carbocycles. The van der Waals surface area contributed by atoms with Crippen LogP contribution in [0.15, 0.2) is 24.3 Å². The Morgan fingerprint density at radius 1 is 1.33 bits per heavy atom. The maximum Gasteiger partial charge on any atom is 0.317 e. The molecular weight excluding hydrogens is 304 g/mol. The lowest BCUT2D eigenvalue weighted by Gasteiger charge is -2.27. The highest BCUT2D eigenvalue weighted by Crippen LogP contribution is 2.19.